The average Bonchev–Trinajstić information content (AvgIpc) is 3.17. The zero-order chi connectivity index (χ0) is 21.8. The predicted octanol–water partition coefficient (Wildman–Crippen LogP) is 7.83. The topological polar surface area (TPSA) is 18.5 Å². The monoisotopic (exact) mass is 444 g/mol. The summed E-state index contributed by atoms with van der Waals surface area (Å²) in [6.07, 6.45) is 4.42. The molecule has 0 aromatic heterocycles. The Morgan fingerprint density at radius 2 is 1.28 bits per heavy atom. The third-order valence-corrected chi connectivity index (χ3v) is 8.17. The fourth-order valence-electron chi connectivity index (χ4n) is 5.30. The van der Waals surface area contributed by atoms with Crippen LogP contribution in [0.15, 0.2) is 95.9 Å². The van der Waals surface area contributed by atoms with Gasteiger partial charge >= 0.3 is 0 Å². The maximum Gasteiger partial charge on any atom is 0.174 e. The highest BCUT2D eigenvalue weighted by Gasteiger charge is 2.54. The predicted molar refractivity (Wildman–Crippen MR) is 132 cm³/mol. The van der Waals surface area contributed by atoms with E-state index in [1.54, 1.807) is 0 Å². The summed E-state index contributed by atoms with van der Waals surface area (Å²) < 4.78 is 14.1. The highest BCUT2D eigenvalue weighted by atomic mass is 32.2. The van der Waals surface area contributed by atoms with Crippen LogP contribution in [0.1, 0.15) is 55.9 Å². The van der Waals surface area contributed by atoms with Gasteiger partial charge in [-0.3, -0.25) is 0 Å². The van der Waals surface area contributed by atoms with Gasteiger partial charge in [0, 0.05) is 23.0 Å². The van der Waals surface area contributed by atoms with E-state index in [-0.39, 0.29) is 12.2 Å². The zero-order valence-corrected chi connectivity index (χ0v) is 19.5. The van der Waals surface area contributed by atoms with E-state index in [2.05, 4.69) is 97.9 Å². The van der Waals surface area contributed by atoms with Crippen molar-refractivity contribution < 1.29 is 9.47 Å². The maximum atomic E-state index is 7.06. The van der Waals surface area contributed by atoms with Crippen LogP contribution in [0, 0.1) is 11.8 Å². The number of ether oxygens (including phenoxy) is 2. The molecule has 3 heteroatoms. The summed E-state index contributed by atoms with van der Waals surface area (Å²) in [4.78, 5) is 1.32. The van der Waals surface area contributed by atoms with E-state index in [0.29, 0.717) is 11.8 Å². The lowest BCUT2D eigenvalue weighted by Crippen LogP contribution is -2.43. The van der Waals surface area contributed by atoms with E-state index in [1.807, 2.05) is 11.8 Å². The summed E-state index contributed by atoms with van der Waals surface area (Å²) in [6, 6.07) is 32.0. The molecule has 4 atom stereocenters. The fraction of sp³-hybridized carbons (Fsp3) is 0.379. The lowest BCUT2D eigenvalue weighted by molar-refractivity contribution is -0.218. The minimum absolute atomic E-state index is 0.0897. The lowest BCUT2D eigenvalue weighted by atomic mass is 9.86. The van der Waals surface area contributed by atoms with Gasteiger partial charge in [-0.1, -0.05) is 98.6 Å². The number of thioether (sulfide) groups is 1. The zero-order valence-electron chi connectivity index (χ0n) is 18.7. The van der Waals surface area contributed by atoms with Gasteiger partial charge in [-0.2, -0.15) is 0 Å². The van der Waals surface area contributed by atoms with Gasteiger partial charge in [0.2, 0.25) is 0 Å². The number of hydrogen-bond acceptors (Lipinski definition) is 3. The third kappa shape index (κ3) is 4.52. The first-order valence-electron chi connectivity index (χ1n) is 11.9. The molecule has 0 amide bonds. The molecule has 166 valence electrons. The normalized spacial score (nSPS) is 27.3. The molecule has 1 heterocycles. The molecule has 0 unspecified atom stereocenters. The highest BCUT2D eigenvalue weighted by molar-refractivity contribution is 7.99. The largest absolute Gasteiger partial charge is 0.339 e. The van der Waals surface area contributed by atoms with Crippen LogP contribution in [-0.4, -0.2) is 11.5 Å². The minimum atomic E-state index is -0.543. The smallest absolute Gasteiger partial charge is 0.174 e. The molecule has 2 aliphatic rings. The van der Waals surface area contributed by atoms with Crippen molar-refractivity contribution >= 4 is 11.8 Å². The standard InChI is InChI=1S/C29H32O2S/c1-22-13-11-12-20-29(26(22)21-32-25-18-9-4-10-19-25)30-27(23-14-5-2-6-15-23)28(31-29)24-16-7-3-8-17-24/h2-10,14-19,22,26-28H,11-13,20-21H2,1H3/t22-,26-,27-,28-/m0/s1. The quantitative estimate of drug-likeness (QED) is 0.374. The Hall–Kier alpha value is -2.07. The van der Waals surface area contributed by atoms with E-state index in [1.165, 1.54) is 28.9 Å². The average molecular weight is 445 g/mol. The molecule has 2 nitrogen and oxygen atoms in total. The molecule has 3 aromatic rings. The van der Waals surface area contributed by atoms with E-state index in [9.17, 15) is 0 Å². The van der Waals surface area contributed by atoms with Gasteiger partial charge in [0.25, 0.3) is 0 Å². The highest BCUT2D eigenvalue weighted by Crippen LogP contribution is 2.55. The summed E-state index contributed by atoms with van der Waals surface area (Å²) in [7, 11) is 0. The van der Waals surface area contributed by atoms with Crippen molar-refractivity contribution in [1.29, 1.82) is 0 Å². The fourth-order valence-corrected chi connectivity index (χ4v) is 6.60. The second-order valence-electron chi connectivity index (χ2n) is 9.16. The molecular weight excluding hydrogens is 412 g/mol. The van der Waals surface area contributed by atoms with Crippen LogP contribution in [0.3, 0.4) is 0 Å². The van der Waals surface area contributed by atoms with Gasteiger partial charge in [-0.15, -0.1) is 11.8 Å². The molecule has 2 fully saturated rings. The maximum absolute atomic E-state index is 7.06. The van der Waals surface area contributed by atoms with Crippen molar-refractivity contribution in [1.82, 2.24) is 0 Å². The van der Waals surface area contributed by atoms with Crippen molar-refractivity contribution in [2.45, 2.75) is 55.5 Å². The molecular formula is C29H32O2S. The van der Waals surface area contributed by atoms with Crippen LogP contribution in [0.25, 0.3) is 0 Å². The summed E-state index contributed by atoms with van der Waals surface area (Å²) in [5.41, 5.74) is 2.40. The van der Waals surface area contributed by atoms with Crippen LogP contribution in [0.2, 0.25) is 0 Å². The second kappa shape index (κ2) is 9.82. The first-order chi connectivity index (χ1) is 15.8. The number of rotatable bonds is 5. The summed E-state index contributed by atoms with van der Waals surface area (Å²) >= 11 is 1.93. The summed E-state index contributed by atoms with van der Waals surface area (Å²) in [5, 5.41) is 0. The van der Waals surface area contributed by atoms with Crippen molar-refractivity contribution in [2.75, 3.05) is 5.75 Å². The van der Waals surface area contributed by atoms with Gasteiger partial charge < -0.3 is 9.47 Å². The molecule has 1 saturated heterocycles. The first-order valence-corrected chi connectivity index (χ1v) is 12.9. The molecule has 32 heavy (non-hydrogen) atoms. The van der Waals surface area contributed by atoms with E-state index in [4.69, 9.17) is 9.47 Å². The Morgan fingerprint density at radius 1 is 0.750 bits per heavy atom. The van der Waals surface area contributed by atoms with Crippen LogP contribution in [0.5, 0.6) is 0 Å². The van der Waals surface area contributed by atoms with Gasteiger partial charge in [0.05, 0.1) is 0 Å². The summed E-state index contributed by atoms with van der Waals surface area (Å²) in [6.45, 7) is 2.39. The molecule has 1 saturated carbocycles. The van der Waals surface area contributed by atoms with Gasteiger partial charge in [0.15, 0.2) is 5.79 Å². The molecule has 3 aromatic carbocycles. The Bertz CT molecular complexity index is 928. The van der Waals surface area contributed by atoms with Crippen LogP contribution in [-0.2, 0) is 9.47 Å². The lowest BCUT2D eigenvalue weighted by Gasteiger charge is -2.38. The minimum Gasteiger partial charge on any atom is -0.339 e. The van der Waals surface area contributed by atoms with E-state index >= 15 is 0 Å². The Morgan fingerprint density at radius 3 is 1.84 bits per heavy atom. The number of benzene rings is 3. The van der Waals surface area contributed by atoms with Crippen LogP contribution < -0.4 is 0 Å². The SMILES string of the molecule is C[C@H]1CCCCC2(O[C@@H](c3ccccc3)[C@H](c3ccccc3)O2)[C@H]1CSc1ccccc1. The van der Waals surface area contributed by atoms with Crippen molar-refractivity contribution in [3.8, 4) is 0 Å². The van der Waals surface area contributed by atoms with Crippen molar-refractivity contribution in [3.63, 3.8) is 0 Å². The second-order valence-corrected chi connectivity index (χ2v) is 10.3. The molecule has 1 spiro atoms. The van der Waals surface area contributed by atoms with Gasteiger partial charge in [-0.25, -0.2) is 0 Å². The first kappa shape index (κ1) is 21.8. The Kier molecular flexibility index (Phi) is 6.68. The van der Waals surface area contributed by atoms with Gasteiger partial charge in [-0.05, 0) is 35.6 Å². The Balaban J connectivity index is 1.49. The van der Waals surface area contributed by atoms with Crippen molar-refractivity contribution in [2.24, 2.45) is 11.8 Å². The molecule has 0 N–H and O–H groups in total. The molecule has 1 aliphatic carbocycles. The van der Waals surface area contributed by atoms with E-state index in [0.717, 1.165) is 18.6 Å². The van der Waals surface area contributed by atoms with E-state index < -0.39 is 5.79 Å². The van der Waals surface area contributed by atoms with Crippen LogP contribution in [0.4, 0.5) is 0 Å². The molecule has 0 bridgehead atoms. The summed E-state index contributed by atoms with van der Waals surface area (Å²) in [5.74, 6) is 1.36. The van der Waals surface area contributed by atoms with Crippen LogP contribution >= 0.6 is 11.8 Å². The van der Waals surface area contributed by atoms with Gasteiger partial charge in [0.1, 0.15) is 12.2 Å². The Labute approximate surface area is 196 Å². The van der Waals surface area contributed by atoms with Crippen molar-refractivity contribution in [3.05, 3.63) is 102 Å². The third-order valence-electron chi connectivity index (χ3n) is 7.04. The molecule has 1 aliphatic heterocycles. The molecule has 5 rings (SSSR count). The molecule has 0 radical (unpaired) electrons. The number of hydrogen-bond donors (Lipinski definition) is 0.